The van der Waals surface area contributed by atoms with Crippen LogP contribution in [-0.4, -0.2) is 19.9 Å². The zero-order valence-corrected chi connectivity index (χ0v) is 28.8. The molecular weight excluding hydrogens is 653 g/mol. The van der Waals surface area contributed by atoms with Crippen LogP contribution in [0.1, 0.15) is 33.4 Å². The topological polar surface area (TPSA) is 51.6 Å². The van der Waals surface area contributed by atoms with Gasteiger partial charge in [0.25, 0.3) is 0 Å². The number of pyridine rings is 2. The second-order valence-corrected chi connectivity index (χ2v) is 14.2. The van der Waals surface area contributed by atoms with E-state index in [2.05, 4.69) is 132 Å². The summed E-state index contributed by atoms with van der Waals surface area (Å²) in [5.41, 5.74) is 13.3. The molecule has 0 unspecified atom stereocenters. The van der Waals surface area contributed by atoms with Gasteiger partial charge in [-0.15, -0.1) is 0 Å². The molecule has 0 bridgehead atoms. The number of fused-ring (bicyclic) bond motifs is 8. The first kappa shape index (κ1) is 30.4. The lowest BCUT2D eigenvalue weighted by Crippen LogP contribution is -2.35. The van der Waals surface area contributed by atoms with E-state index in [1.54, 1.807) is 6.20 Å². The molecule has 4 heterocycles. The van der Waals surface area contributed by atoms with Crippen molar-refractivity contribution in [3.05, 3.63) is 204 Å². The highest BCUT2D eigenvalue weighted by Crippen LogP contribution is 2.58. The molecule has 1 spiro atoms. The number of hydrogen-bond donors (Lipinski definition) is 0. The van der Waals surface area contributed by atoms with Gasteiger partial charge in [-0.05, 0) is 81.9 Å². The predicted molar refractivity (Wildman–Crippen MR) is 211 cm³/mol. The van der Waals surface area contributed by atoms with Gasteiger partial charge in [0.05, 0.1) is 22.5 Å². The molecule has 1 aliphatic heterocycles. The summed E-state index contributed by atoms with van der Waals surface area (Å²) in [7, 11) is 0. The quantitative estimate of drug-likeness (QED) is 0.185. The lowest BCUT2D eigenvalue weighted by Gasteiger charge is -2.42. The van der Waals surface area contributed by atoms with Crippen molar-refractivity contribution in [1.29, 1.82) is 0 Å². The van der Waals surface area contributed by atoms with Crippen molar-refractivity contribution >= 4 is 23.9 Å². The minimum Gasteiger partial charge on any atom is -0.264 e. The summed E-state index contributed by atoms with van der Waals surface area (Å²) < 4.78 is 0. The van der Waals surface area contributed by atoms with Gasteiger partial charge in [-0.3, -0.25) is 9.97 Å². The standard InChI is InChI=1S/C47H30N4S/c1-2-12-33(13-3-1)42-28-43(36-24-25-41(49-30-36)35-14-10-26-48-29-35)51-46(50-42)34-23-22-32-21-20-31-11-4-5-15-37(31)47(40(32)27-34)38-16-6-8-18-44(38)52-45-19-9-7-17-39(45)47/h1-30H. The molecule has 2 aliphatic rings. The molecule has 1 aliphatic carbocycles. The lowest BCUT2D eigenvalue weighted by atomic mass is 9.63. The van der Waals surface area contributed by atoms with Crippen LogP contribution in [0.2, 0.25) is 0 Å². The van der Waals surface area contributed by atoms with Crippen LogP contribution in [-0.2, 0) is 5.41 Å². The fourth-order valence-electron chi connectivity index (χ4n) is 7.76. The van der Waals surface area contributed by atoms with Gasteiger partial charge in [0.1, 0.15) is 0 Å². The smallest absolute Gasteiger partial charge is 0.160 e. The molecular formula is C47H30N4S. The molecule has 0 atom stereocenters. The summed E-state index contributed by atoms with van der Waals surface area (Å²) in [5, 5.41) is 0. The van der Waals surface area contributed by atoms with E-state index >= 15 is 0 Å². The third kappa shape index (κ3) is 4.93. The van der Waals surface area contributed by atoms with E-state index in [4.69, 9.17) is 15.0 Å². The summed E-state index contributed by atoms with van der Waals surface area (Å²) >= 11 is 1.85. The van der Waals surface area contributed by atoms with Gasteiger partial charge in [0, 0.05) is 50.6 Å². The molecule has 0 saturated heterocycles. The van der Waals surface area contributed by atoms with Crippen molar-refractivity contribution in [2.24, 2.45) is 0 Å². The fraction of sp³-hybridized carbons (Fsp3) is 0.0213. The SMILES string of the molecule is C1=Cc2ccc(-c3nc(-c4ccccc4)cc(-c4ccc(-c5cccnc5)nc4)n3)cc2C2(c3ccccc31)c1ccccc1Sc1ccccc12. The molecule has 5 heteroatoms. The molecule has 5 aromatic carbocycles. The molecule has 3 aromatic heterocycles. The zero-order valence-electron chi connectivity index (χ0n) is 28.0. The normalized spacial score (nSPS) is 13.4. The van der Waals surface area contributed by atoms with E-state index in [1.165, 1.54) is 43.2 Å². The molecule has 10 rings (SSSR count). The van der Waals surface area contributed by atoms with Gasteiger partial charge in [0.2, 0.25) is 0 Å². The minimum absolute atomic E-state index is 0.560. The predicted octanol–water partition coefficient (Wildman–Crippen LogP) is 11.3. The molecule has 0 fully saturated rings. The van der Waals surface area contributed by atoms with Crippen molar-refractivity contribution < 1.29 is 0 Å². The van der Waals surface area contributed by atoms with Crippen LogP contribution in [0.25, 0.3) is 57.3 Å². The Morgan fingerprint density at radius 1 is 0.423 bits per heavy atom. The zero-order chi connectivity index (χ0) is 34.5. The summed E-state index contributed by atoms with van der Waals surface area (Å²) in [5.74, 6) is 0.666. The summed E-state index contributed by atoms with van der Waals surface area (Å²) in [4.78, 5) is 22.1. The average Bonchev–Trinajstić information content (AvgIpc) is 3.36. The molecule has 0 radical (unpaired) electrons. The van der Waals surface area contributed by atoms with Crippen LogP contribution in [0.5, 0.6) is 0 Å². The molecule has 0 N–H and O–H groups in total. The number of nitrogens with zero attached hydrogens (tertiary/aromatic N) is 4. The highest BCUT2D eigenvalue weighted by molar-refractivity contribution is 7.99. The molecule has 52 heavy (non-hydrogen) atoms. The molecule has 4 nitrogen and oxygen atoms in total. The van der Waals surface area contributed by atoms with Gasteiger partial charge >= 0.3 is 0 Å². The maximum Gasteiger partial charge on any atom is 0.160 e. The van der Waals surface area contributed by atoms with Gasteiger partial charge < -0.3 is 0 Å². The Bertz CT molecular complexity index is 2610. The highest BCUT2D eigenvalue weighted by Gasteiger charge is 2.46. The molecule has 8 aromatic rings. The second kappa shape index (κ2) is 12.4. The Labute approximate surface area is 306 Å². The number of hydrogen-bond acceptors (Lipinski definition) is 5. The van der Waals surface area contributed by atoms with Crippen molar-refractivity contribution in [3.8, 4) is 45.2 Å². The molecule has 0 amide bonds. The Kier molecular flexibility index (Phi) is 7.25. The first-order chi connectivity index (χ1) is 25.8. The number of benzene rings is 5. The van der Waals surface area contributed by atoms with E-state index in [9.17, 15) is 0 Å². The Hall–Kier alpha value is -6.43. The summed E-state index contributed by atoms with van der Waals surface area (Å²) in [6.45, 7) is 0. The van der Waals surface area contributed by atoms with Crippen LogP contribution in [0.4, 0.5) is 0 Å². The van der Waals surface area contributed by atoms with E-state index in [0.29, 0.717) is 5.82 Å². The number of aromatic nitrogens is 4. The second-order valence-electron chi connectivity index (χ2n) is 13.1. The summed E-state index contributed by atoms with van der Waals surface area (Å²) in [6, 6.07) is 53.8. The van der Waals surface area contributed by atoms with Crippen molar-refractivity contribution in [2.45, 2.75) is 15.2 Å². The monoisotopic (exact) mass is 682 g/mol. The first-order valence-electron chi connectivity index (χ1n) is 17.4. The third-order valence-corrected chi connectivity index (χ3v) is 11.3. The van der Waals surface area contributed by atoms with E-state index in [1.807, 2.05) is 60.6 Å². The Morgan fingerprint density at radius 3 is 1.75 bits per heavy atom. The molecule has 244 valence electrons. The largest absolute Gasteiger partial charge is 0.264 e. The van der Waals surface area contributed by atoms with E-state index < -0.39 is 5.41 Å². The maximum atomic E-state index is 5.26. The van der Waals surface area contributed by atoms with Crippen molar-refractivity contribution in [1.82, 2.24) is 19.9 Å². The van der Waals surface area contributed by atoms with E-state index in [0.717, 1.165) is 39.3 Å². The van der Waals surface area contributed by atoms with Crippen molar-refractivity contribution in [3.63, 3.8) is 0 Å². The average molecular weight is 683 g/mol. The highest BCUT2D eigenvalue weighted by atomic mass is 32.2. The lowest BCUT2D eigenvalue weighted by molar-refractivity contribution is 0.701. The minimum atomic E-state index is -0.560. The van der Waals surface area contributed by atoms with Gasteiger partial charge in [-0.2, -0.15) is 0 Å². The van der Waals surface area contributed by atoms with Crippen LogP contribution in [0.3, 0.4) is 0 Å². The van der Waals surface area contributed by atoms with Crippen LogP contribution in [0.15, 0.2) is 180 Å². The van der Waals surface area contributed by atoms with Gasteiger partial charge in [0.15, 0.2) is 5.82 Å². The maximum absolute atomic E-state index is 5.26. The Balaban J connectivity index is 1.21. The van der Waals surface area contributed by atoms with Crippen molar-refractivity contribution in [2.75, 3.05) is 0 Å². The third-order valence-electron chi connectivity index (χ3n) is 10.1. The molecule has 0 saturated carbocycles. The summed E-state index contributed by atoms with van der Waals surface area (Å²) in [6.07, 6.45) is 10.0. The van der Waals surface area contributed by atoms with Gasteiger partial charge in [-0.25, -0.2) is 9.97 Å². The van der Waals surface area contributed by atoms with Gasteiger partial charge in [-0.1, -0.05) is 127 Å². The first-order valence-corrected chi connectivity index (χ1v) is 18.2. The van der Waals surface area contributed by atoms with E-state index in [-0.39, 0.29) is 0 Å². The Morgan fingerprint density at radius 2 is 1.04 bits per heavy atom. The van der Waals surface area contributed by atoms with Crippen LogP contribution >= 0.6 is 11.8 Å². The fourth-order valence-corrected chi connectivity index (χ4v) is 8.95. The van der Waals surface area contributed by atoms with Crippen LogP contribution < -0.4 is 0 Å². The van der Waals surface area contributed by atoms with Crippen LogP contribution in [0, 0.1) is 0 Å². The number of rotatable bonds is 4.